The smallest absolute Gasteiger partial charge is 0.137 e. The van der Waals surface area contributed by atoms with Gasteiger partial charge in [-0.15, -0.1) is 0 Å². The minimum atomic E-state index is -0.0613. The Labute approximate surface area is 285 Å². The molecule has 9 aromatic rings. The van der Waals surface area contributed by atoms with Gasteiger partial charge in [0.2, 0.25) is 0 Å². The van der Waals surface area contributed by atoms with E-state index in [2.05, 4.69) is 183 Å². The topological polar surface area (TPSA) is 16.4 Å². The van der Waals surface area contributed by atoms with E-state index in [-0.39, 0.29) is 5.41 Å². The fourth-order valence-corrected chi connectivity index (χ4v) is 8.22. The molecule has 0 saturated carbocycles. The Morgan fingerprint density at radius 3 is 2.02 bits per heavy atom. The standard InChI is InChI=1S/C47H33NO/c1-47(2)41-17-9-7-16-38(41)40-28-34(23-25-42(40)47)48(43-18-10-8-14-36(43)33-20-19-30-11-3-4-13-32(30)27-33)35-22-24-39-45(29-35)49-44-26-21-31-12-5-6-15-37(31)46(39)44/h3-29H,1-2H3. The predicted octanol–water partition coefficient (Wildman–Crippen LogP) is 13.3. The first-order chi connectivity index (χ1) is 24.0. The van der Waals surface area contributed by atoms with E-state index in [9.17, 15) is 0 Å². The molecule has 0 N–H and O–H groups in total. The van der Waals surface area contributed by atoms with E-state index in [1.807, 2.05) is 0 Å². The van der Waals surface area contributed by atoms with Gasteiger partial charge in [0.05, 0.1) is 5.69 Å². The summed E-state index contributed by atoms with van der Waals surface area (Å²) in [5, 5.41) is 7.19. The van der Waals surface area contributed by atoms with Crippen molar-refractivity contribution < 1.29 is 4.42 Å². The Morgan fingerprint density at radius 2 is 1.12 bits per heavy atom. The summed E-state index contributed by atoms with van der Waals surface area (Å²) in [7, 11) is 0. The largest absolute Gasteiger partial charge is 0.456 e. The average Bonchev–Trinajstić information content (AvgIpc) is 3.63. The molecule has 1 aliphatic rings. The Kier molecular flexibility index (Phi) is 5.95. The maximum Gasteiger partial charge on any atom is 0.137 e. The van der Waals surface area contributed by atoms with Crippen LogP contribution in [-0.2, 0) is 5.41 Å². The summed E-state index contributed by atoms with van der Waals surface area (Å²) < 4.78 is 6.61. The second kappa shape index (κ2) is 10.4. The van der Waals surface area contributed by atoms with Gasteiger partial charge in [-0.3, -0.25) is 0 Å². The summed E-state index contributed by atoms with van der Waals surface area (Å²) in [5.74, 6) is 0. The van der Waals surface area contributed by atoms with Gasteiger partial charge in [-0.05, 0) is 91.8 Å². The van der Waals surface area contributed by atoms with Gasteiger partial charge in [0.25, 0.3) is 0 Å². The Balaban J connectivity index is 1.22. The fraction of sp³-hybridized carbons (Fsp3) is 0.0638. The number of fused-ring (bicyclic) bond motifs is 9. The van der Waals surface area contributed by atoms with Crippen LogP contribution in [0.5, 0.6) is 0 Å². The molecule has 0 atom stereocenters. The minimum Gasteiger partial charge on any atom is -0.456 e. The zero-order valence-electron chi connectivity index (χ0n) is 27.4. The van der Waals surface area contributed by atoms with Crippen molar-refractivity contribution in [3.8, 4) is 22.3 Å². The molecule has 1 heterocycles. The SMILES string of the molecule is CC1(C)c2ccccc2-c2cc(N(c3ccc4c(c3)oc3ccc5ccccc5c34)c3ccccc3-c3ccc4ccccc4c3)ccc21. The molecule has 1 aliphatic carbocycles. The third-order valence-electron chi connectivity index (χ3n) is 10.6. The molecule has 0 spiro atoms. The average molecular weight is 628 g/mol. The predicted molar refractivity (Wildman–Crippen MR) is 206 cm³/mol. The molecule has 0 amide bonds. The first-order valence-electron chi connectivity index (χ1n) is 17.0. The van der Waals surface area contributed by atoms with E-state index in [1.54, 1.807) is 0 Å². The van der Waals surface area contributed by atoms with Crippen molar-refractivity contribution in [1.82, 2.24) is 0 Å². The zero-order chi connectivity index (χ0) is 32.7. The van der Waals surface area contributed by atoms with Crippen molar-refractivity contribution in [2.45, 2.75) is 19.3 Å². The van der Waals surface area contributed by atoms with Gasteiger partial charge in [-0.25, -0.2) is 0 Å². The van der Waals surface area contributed by atoms with Crippen LogP contribution in [0.2, 0.25) is 0 Å². The highest BCUT2D eigenvalue weighted by atomic mass is 16.3. The lowest BCUT2D eigenvalue weighted by atomic mass is 9.82. The number of hydrogen-bond donors (Lipinski definition) is 0. The maximum atomic E-state index is 6.61. The molecule has 0 unspecified atom stereocenters. The second-order valence-corrected chi connectivity index (χ2v) is 13.8. The summed E-state index contributed by atoms with van der Waals surface area (Å²) >= 11 is 0. The van der Waals surface area contributed by atoms with Crippen molar-refractivity contribution in [2.24, 2.45) is 0 Å². The Bertz CT molecular complexity index is 2770. The van der Waals surface area contributed by atoms with Gasteiger partial charge >= 0.3 is 0 Å². The molecule has 2 nitrogen and oxygen atoms in total. The third kappa shape index (κ3) is 4.20. The van der Waals surface area contributed by atoms with Crippen molar-refractivity contribution in [3.63, 3.8) is 0 Å². The van der Waals surface area contributed by atoms with E-state index in [0.29, 0.717) is 0 Å². The molecule has 10 rings (SSSR count). The van der Waals surface area contributed by atoms with Crippen LogP contribution >= 0.6 is 0 Å². The number of hydrogen-bond acceptors (Lipinski definition) is 2. The molecule has 0 radical (unpaired) electrons. The van der Waals surface area contributed by atoms with Gasteiger partial charge in [0.1, 0.15) is 11.2 Å². The van der Waals surface area contributed by atoms with Gasteiger partial charge < -0.3 is 9.32 Å². The Morgan fingerprint density at radius 1 is 0.449 bits per heavy atom. The summed E-state index contributed by atoms with van der Waals surface area (Å²) in [4.78, 5) is 2.41. The minimum absolute atomic E-state index is 0.0613. The van der Waals surface area contributed by atoms with E-state index < -0.39 is 0 Å². The number of anilines is 3. The highest BCUT2D eigenvalue weighted by Crippen LogP contribution is 2.51. The summed E-state index contributed by atoms with van der Waals surface area (Å²) in [6, 6.07) is 59.5. The van der Waals surface area contributed by atoms with Crippen LogP contribution in [0.1, 0.15) is 25.0 Å². The van der Waals surface area contributed by atoms with Gasteiger partial charge in [0, 0.05) is 39.2 Å². The number of rotatable bonds is 4. The molecule has 8 aromatic carbocycles. The van der Waals surface area contributed by atoms with Crippen LogP contribution in [-0.4, -0.2) is 0 Å². The fourth-order valence-electron chi connectivity index (χ4n) is 8.22. The van der Waals surface area contributed by atoms with E-state index >= 15 is 0 Å². The normalized spacial score (nSPS) is 13.3. The number of furan rings is 1. The van der Waals surface area contributed by atoms with Crippen LogP contribution in [0.15, 0.2) is 168 Å². The number of para-hydroxylation sites is 1. The molecule has 2 heteroatoms. The molecule has 0 aliphatic heterocycles. The van der Waals surface area contributed by atoms with E-state index in [0.717, 1.165) is 33.6 Å². The van der Waals surface area contributed by atoms with Crippen LogP contribution in [0, 0.1) is 0 Å². The van der Waals surface area contributed by atoms with Crippen LogP contribution < -0.4 is 4.90 Å². The van der Waals surface area contributed by atoms with Crippen LogP contribution in [0.3, 0.4) is 0 Å². The van der Waals surface area contributed by atoms with E-state index in [1.165, 1.54) is 60.3 Å². The first-order valence-corrected chi connectivity index (χ1v) is 17.0. The summed E-state index contributed by atoms with van der Waals surface area (Å²) in [6.45, 7) is 4.67. The molecular weight excluding hydrogens is 595 g/mol. The molecule has 232 valence electrons. The quantitative estimate of drug-likeness (QED) is 0.193. The maximum absolute atomic E-state index is 6.61. The van der Waals surface area contributed by atoms with Crippen molar-refractivity contribution in [3.05, 3.63) is 175 Å². The second-order valence-electron chi connectivity index (χ2n) is 13.8. The zero-order valence-corrected chi connectivity index (χ0v) is 27.4. The van der Waals surface area contributed by atoms with Crippen molar-refractivity contribution in [1.29, 1.82) is 0 Å². The first kappa shape index (κ1) is 27.9. The summed E-state index contributed by atoms with van der Waals surface area (Å²) in [5.41, 5.74) is 12.7. The highest BCUT2D eigenvalue weighted by molar-refractivity contribution is 6.19. The van der Waals surface area contributed by atoms with Gasteiger partial charge in [0.15, 0.2) is 0 Å². The Hall–Kier alpha value is -6.12. The van der Waals surface area contributed by atoms with E-state index in [4.69, 9.17) is 4.42 Å². The monoisotopic (exact) mass is 627 g/mol. The third-order valence-corrected chi connectivity index (χ3v) is 10.6. The van der Waals surface area contributed by atoms with Gasteiger partial charge in [-0.2, -0.15) is 0 Å². The summed E-state index contributed by atoms with van der Waals surface area (Å²) in [6.07, 6.45) is 0. The van der Waals surface area contributed by atoms with Crippen molar-refractivity contribution >= 4 is 60.5 Å². The molecule has 0 saturated heterocycles. The number of benzene rings is 8. The molecule has 49 heavy (non-hydrogen) atoms. The van der Waals surface area contributed by atoms with Crippen LogP contribution in [0.25, 0.3) is 65.7 Å². The highest BCUT2D eigenvalue weighted by Gasteiger charge is 2.35. The lowest BCUT2D eigenvalue weighted by molar-refractivity contribution is 0.660. The lowest BCUT2D eigenvalue weighted by Gasteiger charge is -2.29. The van der Waals surface area contributed by atoms with Gasteiger partial charge in [-0.1, -0.05) is 129 Å². The molecular formula is C47H33NO. The van der Waals surface area contributed by atoms with Crippen LogP contribution in [0.4, 0.5) is 17.1 Å². The molecule has 0 fully saturated rings. The molecule has 0 bridgehead atoms. The number of nitrogens with zero attached hydrogens (tertiary/aromatic N) is 1. The molecule has 1 aromatic heterocycles. The lowest BCUT2D eigenvalue weighted by Crippen LogP contribution is -2.15. The van der Waals surface area contributed by atoms with Crippen molar-refractivity contribution in [2.75, 3.05) is 4.90 Å².